The third-order valence-corrected chi connectivity index (χ3v) is 2.07. The van der Waals surface area contributed by atoms with Crippen molar-refractivity contribution in [1.82, 2.24) is 4.90 Å². The van der Waals surface area contributed by atoms with Crippen molar-refractivity contribution in [2.45, 2.75) is 19.5 Å². The van der Waals surface area contributed by atoms with E-state index in [-0.39, 0.29) is 25.1 Å². The SMILES string of the molecule is CCC(=CCN(CCO)CC(F)(F)F)C(=O)O. The van der Waals surface area contributed by atoms with E-state index in [4.69, 9.17) is 10.2 Å². The molecule has 0 spiro atoms. The molecule has 2 N–H and O–H groups in total. The third kappa shape index (κ3) is 7.76. The van der Waals surface area contributed by atoms with Crippen LogP contribution in [0, 0.1) is 0 Å². The van der Waals surface area contributed by atoms with Gasteiger partial charge in [-0.3, -0.25) is 4.90 Å². The van der Waals surface area contributed by atoms with Crippen LogP contribution in [-0.2, 0) is 4.79 Å². The molecule has 0 aromatic heterocycles. The molecular weight excluding hydrogens is 239 g/mol. The lowest BCUT2D eigenvalue weighted by Gasteiger charge is -2.21. The van der Waals surface area contributed by atoms with E-state index in [9.17, 15) is 18.0 Å². The van der Waals surface area contributed by atoms with Gasteiger partial charge in [0.25, 0.3) is 0 Å². The van der Waals surface area contributed by atoms with Crippen LogP contribution in [0.15, 0.2) is 11.6 Å². The zero-order valence-electron chi connectivity index (χ0n) is 9.50. The number of rotatable bonds is 7. The fourth-order valence-electron chi connectivity index (χ4n) is 1.25. The molecule has 0 fully saturated rings. The lowest BCUT2D eigenvalue weighted by Crippen LogP contribution is -2.36. The molecule has 4 nitrogen and oxygen atoms in total. The van der Waals surface area contributed by atoms with Gasteiger partial charge in [-0.05, 0) is 6.42 Å². The highest BCUT2D eigenvalue weighted by molar-refractivity contribution is 5.86. The maximum atomic E-state index is 12.1. The van der Waals surface area contributed by atoms with Crippen molar-refractivity contribution < 1.29 is 28.2 Å². The molecule has 0 rings (SSSR count). The number of aliphatic hydroxyl groups excluding tert-OH is 1. The number of aliphatic hydroxyl groups is 1. The second-order valence-corrected chi connectivity index (χ2v) is 3.46. The number of carbonyl (C=O) groups is 1. The zero-order chi connectivity index (χ0) is 13.5. The van der Waals surface area contributed by atoms with Crippen molar-refractivity contribution in [3.8, 4) is 0 Å². The number of carboxylic acid groups (broad SMARTS) is 1. The van der Waals surface area contributed by atoms with Crippen molar-refractivity contribution in [2.75, 3.05) is 26.2 Å². The molecule has 0 aliphatic heterocycles. The van der Waals surface area contributed by atoms with Crippen molar-refractivity contribution in [1.29, 1.82) is 0 Å². The molecule has 0 radical (unpaired) electrons. The van der Waals surface area contributed by atoms with Crippen LogP contribution in [-0.4, -0.2) is 53.5 Å². The summed E-state index contributed by atoms with van der Waals surface area (Å²) in [6, 6.07) is 0. The molecule has 0 saturated carbocycles. The van der Waals surface area contributed by atoms with E-state index in [1.54, 1.807) is 6.92 Å². The summed E-state index contributed by atoms with van der Waals surface area (Å²) in [5.41, 5.74) is 0.0649. The second-order valence-electron chi connectivity index (χ2n) is 3.46. The maximum absolute atomic E-state index is 12.1. The molecule has 0 atom stereocenters. The Hall–Kier alpha value is -1.08. The summed E-state index contributed by atoms with van der Waals surface area (Å²) in [6.45, 7) is -0.249. The molecule has 7 heteroatoms. The monoisotopic (exact) mass is 255 g/mol. The van der Waals surface area contributed by atoms with Gasteiger partial charge in [0.15, 0.2) is 0 Å². The van der Waals surface area contributed by atoms with Crippen LogP contribution in [0.3, 0.4) is 0 Å². The Morgan fingerprint density at radius 2 is 2.00 bits per heavy atom. The van der Waals surface area contributed by atoms with E-state index in [1.807, 2.05) is 0 Å². The summed E-state index contributed by atoms with van der Waals surface area (Å²) in [5, 5.41) is 17.3. The van der Waals surface area contributed by atoms with Gasteiger partial charge in [0, 0.05) is 18.7 Å². The fourth-order valence-corrected chi connectivity index (χ4v) is 1.25. The number of hydrogen-bond acceptors (Lipinski definition) is 3. The van der Waals surface area contributed by atoms with Gasteiger partial charge in [0.05, 0.1) is 13.2 Å². The first-order valence-electron chi connectivity index (χ1n) is 5.12. The van der Waals surface area contributed by atoms with Gasteiger partial charge in [0.2, 0.25) is 0 Å². The molecule has 17 heavy (non-hydrogen) atoms. The Labute approximate surface area is 97.3 Å². The largest absolute Gasteiger partial charge is 0.478 e. The van der Waals surface area contributed by atoms with Crippen molar-refractivity contribution >= 4 is 5.97 Å². The molecular formula is C10H16F3NO3. The Morgan fingerprint density at radius 3 is 2.35 bits per heavy atom. The summed E-state index contributed by atoms with van der Waals surface area (Å²) >= 11 is 0. The van der Waals surface area contributed by atoms with Crippen LogP contribution in [0.4, 0.5) is 13.2 Å². The van der Waals surface area contributed by atoms with Gasteiger partial charge in [-0.2, -0.15) is 13.2 Å². The Bertz CT molecular complexity index is 276. The first kappa shape index (κ1) is 15.9. The quantitative estimate of drug-likeness (QED) is 0.672. The Morgan fingerprint density at radius 1 is 1.41 bits per heavy atom. The second kappa shape index (κ2) is 7.29. The average Bonchev–Trinajstić information content (AvgIpc) is 2.15. The number of halogens is 3. The maximum Gasteiger partial charge on any atom is 0.401 e. The van der Waals surface area contributed by atoms with Crippen molar-refractivity contribution in [3.05, 3.63) is 11.6 Å². The fraction of sp³-hybridized carbons (Fsp3) is 0.700. The number of nitrogens with zero attached hydrogens (tertiary/aromatic N) is 1. The van der Waals surface area contributed by atoms with Crippen molar-refractivity contribution in [2.24, 2.45) is 0 Å². The van der Waals surface area contributed by atoms with Gasteiger partial charge in [-0.25, -0.2) is 4.79 Å². The number of alkyl halides is 3. The minimum absolute atomic E-state index is 0.0649. The first-order valence-corrected chi connectivity index (χ1v) is 5.12. The van der Waals surface area contributed by atoms with Crippen molar-refractivity contribution in [3.63, 3.8) is 0 Å². The molecule has 0 aliphatic carbocycles. The van der Waals surface area contributed by atoms with E-state index in [0.29, 0.717) is 0 Å². The molecule has 0 bridgehead atoms. The van der Waals surface area contributed by atoms with E-state index >= 15 is 0 Å². The number of hydrogen-bond donors (Lipinski definition) is 2. The standard InChI is InChI=1S/C10H16F3NO3/c1-2-8(9(16)17)3-4-14(5-6-15)7-10(11,12)13/h3,15H,2,4-7H2,1H3,(H,16,17). The third-order valence-electron chi connectivity index (χ3n) is 2.07. The van der Waals surface area contributed by atoms with Gasteiger partial charge < -0.3 is 10.2 Å². The molecule has 0 unspecified atom stereocenters. The summed E-state index contributed by atoms with van der Waals surface area (Å²) in [7, 11) is 0. The van der Waals surface area contributed by atoms with Crippen LogP contribution < -0.4 is 0 Å². The Balaban J connectivity index is 4.49. The van der Waals surface area contributed by atoms with Gasteiger partial charge in [-0.1, -0.05) is 13.0 Å². The molecule has 0 aliphatic rings. The highest BCUT2D eigenvalue weighted by Crippen LogP contribution is 2.16. The van der Waals surface area contributed by atoms with E-state index < -0.39 is 25.3 Å². The van der Waals surface area contributed by atoms with Crippen LogP contribution in [0.2, 0.25) is 0 Å². The molecule has 0 aromatic carbocycles. The molecule has 100 valence electrons. The zero-order valence-corrected chi connectivity index (χ0v) is 9.50. The molecule has 0 amide bonds. The predicted octanol–water partition coefficient (Wildman–Crippen LogP) is 1.26. The van der Waals surface area contributed by atoms with Crippen LogP contribution in [0.5, 0.6) is 0 Å². The summed E-state index contributed by atoms with van der Waals surface area (Å²) < 4.78 is 36.4. The number of aliphatic carboxylic acids is 1. The molecule has 0 heterocycles. The summed E-state index contributed by atoms with van der Waals surface area (Å²) in [6.07, 6.45) is -2.88. The van der Waals surface area contributed by atoms with E-state index in [1.165, 1.54) is 6.08 Å². The molecule has 0 saturated heterocycles. The first-order chi connectivity index (χ1) is 7.80. The predicted molar refractivity (Wildman–Crippen MR) is 55.6 cm³/mol. The van der Waals surface area contributed by atoms with Crippen LogP contribution >= 0.6 is 0 Å². The normalized spacial score (nSPS) is 13.2. The highest BCUT2D eigenvalue weighted by atomic mass is 19.4. The van der Waals surface area contributed by atoms with Crippen LogP contribution in [0.25, 0.3) is 0 Å². The number of carboxylic acids is 1. The van der Waals surface area contributed by atoms with E-state index in [2.05, 4.69) is 0 Å². The topological polar surface area (TPSA) is 60.8 Å². The highest BCUT2D eigenvalue weighted by Gasteiger charge is 2.30. The van der Waals surface area contributed by atoms with Gasteiger partial charge in [-0.15, -0.1) is 0 Å². The summed E-state index contributed by atoms with van der Waals surface area (Å²) in [4.78, 5) is 11.6. The minimum atomic E-state index is -4.36. The lowest BCUT2D eigenvalue weighted by atomic mass is 10.2. The lowest BCUT2D eigenvalue weighted by molar-refractivity contribution is -0.145. The summed E-state index contributed by atoms with van der Waals surface area (Å²) in [5.74, 6) is -1.14. The smallest absolute Gasteiger partial charge is 0.401 e. The Kier molecular flexibility index (Phi) is 6.82. The van der Waals surface area contributed by atoms with Gasteiger partial charge >= 0.3 is 12.1 Å². The molecule has 0 aromatic rings. The van der Waals surface area contributed by atoms with E-state index in [0.717, 1.165) is 4.90 Å². The van der Waals surface area contributed by atoms with Gasteiger partial charge in [0.1, 0.15) is 0 Å². The minimum Gasteiger partial charge on any atom is -0.478 e. The van der Waals surface area contributed by atoms with Crippen LogP contribution in [0.1, 0.15) is 13.3 Å². The average molecular weight is 255 g/mol.